The molecular formula is C14H14FNO3. The van der Waals surface area contributed by atoms with Crippen molar-refractivity contribution < 1.29 is 18.7 Å². The normalized spacial score (nSPS) is 12.2. The van der Waals surface area contributed by atoms with Gasteiger partial charge in [0.15, 0.2) is 6.10 Å². The van der Waals surface area contributed by atoms with Gasteiger partial charge >= 0.3 is 5.97 Å². The van der Waals surface area contributed by atoms with E-state index in [1.807, 2.05) is 6.92 Å². The largest absolute Gasteiger partial charge is 0.478 e. The van der Waals surface area contributed by atoms with Crippen molar-refractivity contribution in [3.63, 3.8) is 0 Å². The molecule has 0 spiro atoms. The lowest BCUT2D eigenvalue weighted by atomic mass is 10.1. The highest BCUT2D eigenvalue weighted by Crippen LogP contribution is 2.29. The first kappa shape index (κ1) is 13.3. The van der Waals surface area contributed by atoms with E-state index in [1.54, 1.807) is 13.0 Å². The predicted octanol–water partition coefficient (Wildman–Crippen LogP) is 2.62. The molecule has 0 unspecified atom stereocenters. The van der Waals surface area contributed by atoms with Gasteiger partial charge in [-0.1, -0.05) is 6.07 Å². The molecule has 0 N–H and O–H groups in total. The molecule has 2 aromatic rings. The first-order chi connectivity index (χ1) is 9.04. The van der Waals surface area contributed by atoms with Crippen molar-refractivity contribution in [2.45, 2.75) is 20.0 Å². The molecule has 0 fully saturated rings. The van der Waals surface area contributed by atoms with Crippen LogP contribution in [-0.2, 0) is 9.53 Å². The maximum Gasteiger partial charge on any atom is 0.346 e. The van der Waals surface area contributed by atoms with Crippen LogP contribution in [0.25, 0.3) is 10.9 Å². The number of esters is 1. The summed E-state index contributed by atoms with van der Waals surface area (Å²) in [7, 11) is 1.28. The van der Waals surface area contributed by atoms with Gasteiger partial charge in [0.2, 0.25) is 0 Å². The zero-order valence-corrected chi connectivity index (χ0v) is 10.9. The topological polar surface area (TPSA) is 48.4 Å². The van der Waals surface area contributed by atoms with E-state index in [0.717, 1.165) is 5.56 Å². The molecule has 4 nitrogen and oxygen atoms in total. The van der Waals surface area contributed by atoms with Crippen LogP contribution in [0.2, 0.25) is 0 Å². The van der Waals surface area contributed by atoms with E-state index in [4.69, 9.17) is 4.74 Å². The Balaban J connectivity index is 2.50. The van der Waals surface area contributed by atoms with Gasteiger partial charge in [0.1, 0.15) is 11.6 Å². The number of carbonyl (C=O) groups excluding carboxylic acids is 1. The minimum atomic E-state index is -0.810. The third-order valence-corrected chi connectivity index (χ3v) is 2.84. The molecule has 0 saturated carbocycles. The van der Waals surface area contributed by atoms with E-state index < -0.39 is 17.9 Å². The Morgan fingerprint density at radius 3 is 2.79 bits per heavy atom. The zero-order valence-electron chi connectivity index (χ0n) is 10.9. The summed E-state index contributed by atoms with van der Waals surface area (Å²) in [6.07, 6.45) is 0.712. The van der Waals surface area contributed by atoms with Crippen LogP contribution in [0.4, 0.5) is 4.39 Å². The number of halogens is 1. The number of pyridine rings is 1. The Hall–Kier alpha value is -2.17. The highest BCUT2D eigenvalue weighted by Gasteiger charge is 2.18. The Kier molecular flexibility index (Phi) is 3.64. The van der Waals surface area contributed by atoms with Gasteiger partial charge in [-0.3, -0.25) is 4.98 Å². The molecule has 1 heterocycles. The van der Waals surface area contributed by atoms with Gasteiger partial charge in [0.25, 0.3) is 0 Å². The van der Waals surface area contributed by atoms with Gasteiger partial charge in [-0.25, -0.2) is 9.18 Å². The van der Waals surface area contributed by atoms with Crippen LogP contribution >= 0.6 is 0 Å². The second kappa shape index (κ2) is 5.22. The summed E-state index contributed by atoms with van der Waals surface area (Å²) in [6.45, 7) is 3.38. The SMILES string of the molecule is COC(=O)[C@@H](C)Oc1ccnc2c(C)ccc(F)c12. The molecule has 100 valence electrons. The Morgan fingerprint density at radius 1 is 1.37 bits per heavy atom. The predicted molar refractivity (Wildman–Crippen MR) is 68.5 cm³/mol. The number of hydrogen-bond acceptors (Lipinski definition) is 4. The molecule has 1 atom stereocenters. The van der Waals surface area contributed by atoms with E-state index in [9.17, 15) is 9.18 Å². The van der Waals surface area contributed by atoms with Crippen LogP contribution in [0.15, 0.2) is 24.4 Å². The number of carbonyl (C=O) groups is 1. The summed E-state index contributed by atoms with van der Waals surface area (Å²) in [4.78, 5) is 15.5. The number of aryl methyl sites for hydroxylation is 1. The number of methoxy groups -OCH3 is 1. The van der Waals surface area contributed by atoms with Crippen molar-refractivity contribution in [1.29, 1.82) is 0 Å². The maximum absolute atomic E-state index is 13.9. The molecule has 0 bridgehead atoms. The number of benzene rings is 1. The van der Waals surface area contributed by atoms with Crippen LogP contribution in [0.3, 0.4) is 0 Å². The molecule has 2 rings (SSSR count). The zero-order chi connectivity index (χ0) is 14.0. The maximum atomic E-state index is 13.9. The van der Waals surface area contributed by atoms with Crippen LogP contribution in [0, 0.1) is 12.7 Å². The summed E-state index contributed by atoms with van der Waals surface area (Å²) >= 11 is 0. The van der Waals surface area contributed by atoms with Crippen molar-refractivity contribution in [2.75, 3.05) is 7.11 Å². The number of nitrogens with zero attached hydrogens (tertiary/aromatic N) is 1. The van der Waals surface area contributed by atoms with Crippen LogP contribution in [0.1, 0.15) is 12.5 Å². The van der Waals surface area contributed by atoms with Crippen molar-refractivity contribution in [2.24, 2.45) is 0 Å². The number of fused-ring (bicyclic) bond motifs is 1. The quantitative estimate of drug-likeness (QED) is 0.799. The molecule has 5 heteroatoms. The average Bonchev–Trinajstić information content (AvgIpc) is 2.42. The molecule has 0 radical (unpaired) electrons. The van der Waals surface area contributed by atoms with Gasteiger partial charge in [-0.15, -0.1) is 0 Å². The lowest BCUT2D eigenvalue weighted by molar-refractivity contribution is -0.147. The second-order valence-corrected chi connectivity index (χ2v) is 4.18. The first-order valence-corrected chi connectivity index (χ1v) is 5.83. The molecular weight excluding hydrogens is 249 g/mol. The van der Waals surface area contributed by atoms with Crippen molar-refractivity contribution in [3.05, 3.63) is 35.8 Å². The van der Waals surface area contributed by atoms with E-state index in [2.05, 4.69) is 9.72 Å². The Bertz CT molecular complexity index is 627. The van der Waals surface area contributed by atoms with Gasteiger partial charge in [-0.05, 0) is 31.5 Å². The lowest BCUT2D eigenvalue weighted by Crippen LogP contribution is -2.25. The fraction of sp³-hybridized carbons (Fsp3) is 0.286. The lowest BCUT2D eigenvalue weighted by Gasteiger charge is -2.14. The Morgan fingerprint density at radius 2 is 2.11 bits per heavy atom. The number of rotatable bonds is 3. The first-order valence-electron chi connectivity index (χ1n) is 5.83. The summed E-state index contributed by atoms with van der Waals surface area (Å²) < 4.78 is 24.0. The minimum absolute atomic E-state index is 0.276. The van der Waals surface area contributed by atoms with Crippen LogP contribution in [-0.4, -0.2) is 24.2 Å². The van der Waals surface area contributed by atoms with E-state index in [0.29, 0.717) is 5.52 Å². The van der Waals surface area contributed by atoms with Crippen LogP contribution in [0.5, 0.6) is 5.75 Å². The highest BCUT2D eigenvalue weighted by atomic mass is 19.1. The van der Waals surface area contributed by atoms with Crippen LogP contribution < -0.4 is 4.74 Å². The molecule has 19 heavy (non-hydrogen) atoms. The molecule has 0 aliphatic rings. The standard InChI is InChI=1S/C14H14FNO3/c1-8-4-5-10(15)12-11(6-7-16-13(8)12)19-9(2)14(17)18-3/h4-7,9H,1-3H3/t9-/m1/s1. The summed E-state index contributed by atoms with van der Waals surface area (Å²) in [6, 6.07) is 4.54. The van der Waals surface area contributed by atoms with Crippen molar-refractivity contribution in [1.82, 2.24) is 4.98 Å². The number of hydrogen-bond donors (Lipinski definition) is 0. The molecule has 0 amide bonds. The third kappa shape index (κ3) is 2.50. The fourth-order valence-corrected chi connectivity index (χ4v) is 1.84. The van der Waals surface area contributed by atoms with Gasteiger partial charge < -0.3 is 9.47 Å². The summed E-state index contributed by atoms with van der Waals surface area (Å²) in [5, 5.41) is 0.276. The van der Waals surface area contributed by atoms with E-state index >= 15 is 0 Å². The second-order valence-electron chi connectivity index (χ2n) is 4.18. The van der Waals surface area contributed by atoms with Gasteiger partial charge in [0.05, 0.1) is 18.0 Å². The number of ether oxygens (including phenoxy) is 2. The van der Waals surface area contributed by atoms with Gasteiger partial charge in [0, 0.05) is 6.20 Å². The summed E-state index contributed by atoms with van der Waals surface area (Å²) in [5.41, 5.74) is 1.36. The van der Waals surface area contributed by atoms with E-state index in [-0.39, 0.29) is 11.1 Å². The smallest absolute Gasteiger partial charge is 0.346 e. The fourth-order valence-electron chi connectivity index (χ4n) is 1.84. The molecule has 0 aliphatic carbocycles. The summed E-state index contributed by atoms with van der Waals surface area (Å²) in [5.74, 6) is -0.664. The molecule has 1 aromatic heterocycles. The minimum Gasteiger partial charge on any atom is -0.478 e. The van der Waals surface area contributed by atoms with Crippen molar-refractivity contribution in [3.8, 4) is 5.75 Å². The average molecular weight is 263 g/mol. The molecule has 0 saturated heterocycles. The van der Waals surface area contributed by atoms with E-state index in [1.165, 1.54) is 25.4 Å². The number of aromatic nitrogens is 1. The highest BCUT2D eigenvalue weighted by molar-refractivity contribution is 5.88. The Labute approximate surface area is 110 Å². The molecule has 1 aromatic carbocycles. The third-order valence-electron chi connectivity index (χ3n) is 2.84. The monoisotopic (exact) mass is 263 g/mol. The van der Waals surface area contributed by atoms with Crippen molar-refractivity contribution >= 4 is 16.9 Å². The van der Waals surface area contributed by atoms with Gasteiger partial charge in [-0.2, -0.15) is 0 Å². The molecule has 0 aliphatic heterocycles.